The smallest absolute Gasteiger partial charge is 0.130 e. The van der Waals surface area contributed by atoms with Crippen molar-refractivity contribution >= 4 is 8.81 Å². The van der Waals surface area contributed by atoms with Gasteiger partial charge >= 0.3 is 0 Å². The average Bonchev–Trinajstić information content (AvgIpc) is 2.31. The van der Waals surface area contributed by atoms with E-state index in [1.54, 1.807) is 0 Å². The van der Waals surface area contributed by atoms with Crippen LogP contribution in [0.3, 0.4) is 0 Å². The summed E-state index contributed by atoms with van der Waals surface area (Å²) in [4.78, 5) is 0. The molecule has 1 unspecified atom stereocenters. The van der Waals surface area contributed by atoms with E-state index in [9.17, 15) is 0 Å². The van der Waals surface area contributed by atoms with Gasteiger partial charge in [-0.1, -0.05) is 48.5 Å². The highest BCUT2D eigenvalue weighted by molar-refractivity contribution is 7.31. The largest absolute Gasteiger partial charge is 0.477 e. The minimum absolute atomic E-state index is 0.476. The van der Waals surface area contributed by atoms with E-state index >= 15 is 0 Å². The summed E-state index contributed by atoms with van der Waals surface area (Å²) in [7, 11) is 0.476. The Hall–Kier alpha value is -1.33. The number of benzene rings is 2. The van der Waals surface area contributed by atoms with Crippen molar-refractivity contribution in [1.82, 2.24) is 0 Å². The number of hydrogen-bond acceptors (Lipinski definition) is 1. The standard InChI is InChI=1S/C13H13OP/c1-15-14-13-10-6-5-9-12(13)11-7-3-2-4-8-11/h2-10,15H,1H3. The highest BCUT2D eigenvalue weighted by atomic mass is 31.1. The first-order chi connectivity index (χ1) is 7.42. The van der Waals surface area contributed by atoms with Crippen LogP contribution in [0.2, 0.25) is 0 Å². The normalized spacial score (nSPS) is 10.7. The van der Waals surface area contributed by atoms with Gasteiger partial charge in [0.2, 0.25) is 0 Å². The Balaban J connectivity index is 2.43. The molecule has 2 rings (SSSR count). The molecule has 0 radical (unpaired) electrons. The molecule has 1 nitrogen and oxygen atoms in total. The molecule has 0 aliphatic carbocycles. The van der Waals surface area contributed by atoms with Crippen molar-refractivity contribution in [3.8, 4) is 16.9 Å². The molecule has 76 valence electrons. The third-order valence-corrected chi connectivity index (χ3v) is 2.61. The van der Waals surface area contributed by atoms with E-state index in [0.29, 0.717) is 8.81 Å². The van der Waals surface area contributed by atoms with Crippen molar-refractivity contribution in [3.63, 3.8) is 0 Å². The van der Waals surface area contributed by atoms with Gasteiger partial charge in [0.25, 0.3) is 0 Å². The van der Waals surface area contributed by atoms with Gasteiger partial charge in [0.1, 0.15) is 5.75 Å². The first-order valence-electron chi connectivity index (χ1n) is 4.90. The van der Waals surface area contributed by atoms with Crippen LogP contribution < -0.4 is 4.52 Å². The lowest BCUT2D eigenvalue weighted by Gasteiger charge is -2.09. The zero-order valence-electron chi connectivity index (χ0n) is 8.60. The lowest BCUT2D eigenvalue weighted by Crippen LogP contribution is -1.83. The molecule has 15 heavy (non-hydrogen) atoms. The Morgan fingerprint density at radius 2 is 1.53 bits per heavy atom. The predicted octanol–water partition coefficient (Wildman–Crippen LogP) is 3.96. The maximum atomic E-state index is 5.62. The van der Waals surface area contributed by atoms with E-state index in [0.717, 1.165) is 11.3 Å². The summed E-state index contributed by atoms with van der Waals surface area (Å²) in [6.45, 7) is 2.03. The van der Waals surface area contributed by atoms with Crippen LogP contribution in [0.25, 0.3) is 11.1 Å². The Morgan fingerprint density at radius 1 is 0.867 bits per heavy atom. The van der Waals surface area contributed by atoms with E-state index in [4.69, 9.17) is 4.52 Å². The molecule has 0 bridgehead atoms. The van der Waals surface area contributed by atoms with Crippen molar-refractivity contribution in [2.45, 2.75) is 0 Å². The van der Waals surface area contributed by atoms with E-state index in [1.807, 2.05) is 43.1 Å². The first kappa shape index (κ1) is 10.2. The maximum absolute atomic E-state index is 5.62. The van der Waals surface area contributed by atoms with Gasteiger partial charge < -0.3 is 4.52 Å². The molecule has 0 saturated carbocycles. The molecule has 0 fully saturated rings. The molecule has 2 aromatic carbocycles. The molecule has 0 amide bonds. The zero-order chi connectivity index (χ0) is 10.5. The molecular formula is C13H13OP. The summed E-state index contributed by atoms with van der Waals surface area (Å²) in [6, 6.07) is 18.4. The fourth-order valence-corrected chi connectivity index (χ4v) is 1.92. The van der Waals surface area contributed by atoms with Gasteiger partial charge in [-0.25, -0.2) is 0 Å². The van der Waals surface area contributed by atoms with Gasteiger partial charge in [-0.15, -0.1) is 0 Å². The van der Waals surface area contributed by atoms with Crippen molar-refractivity contribution in [2.24, 2.45) is 0 Å². The highest BCUT2D eigenvalue weighted by Crippen LogP contribution is 2.32. The topological polar surface area (TPSA) is 9.23 Å². The second kappa shape index (κ2) is 4.95. The van der Waals surface area contributed by atoms with Crippen LogP contribution in [0.4, 0.5) is 0 Å². The van der Waals surface area contributed by atoms with Crippen LogP contribution >= 0.6 is 8.81 Å². The number of para-hydroxylation sites is 1. The Kier molecular flexibility index (Phi) is 3.37. The SMILES string of the molecule is CPOc1ccccc1-c1ccccc1. The van der Waals surface area contributed by atoms with Crippen molar-refractivity contribution in [3.05, 3.63) is 54.6 Å². The Morgan fingerprint density at radius 3 is 2.27 bits per heavy atom. The summed E-state index contributed by atoms with van der Waals surface area (Å²) < 4.78 is 5.62. The van der Waals surface area contributed by atoms with Crippen LogP contribution in [0.15, 0.2) is 54.6 Å². The van der Waals surface area contributed by atoms with Crippen LogP contribution in [0, 0.1) is 0 Å². The third kappa shape index (κ3) is 2.37. The summed E-state index contributed by atoms with van der Waals surface area (Å²) in [5.74, 6) is 0.963. The second-order valence-electron chi connectivity index (χ2n) is 3.17. The van der Waals surface area contributed by atoms with E-state index in [1.165, 1.54) is 5.56 Å². The second-order valence-corrected chi connectivity index (χ2v) is 3.78. The summed E-state index contributed by atoms with van der Waals surface area (Å²) >= 11 is 0. The molecule has 1 atom stereocenters. The Labute approximate surface area is 92.0 Å². The molecule has 0 spiro atoms. The molecule has 0 aliphatic heterocycles. The molecule has 2 aromatic rings. The summed E-state index contributed by atoms with van der Waals surface area (Å²) in [5, 5.41) is 0. The fraction of sp³-hybridized carbons (Fsp3) is 0.0769. The van der Waals surface area contributed by atoms with Gasteiger partial charge in [0.05, 0.1) is 8.81 Å². The van der Waals surface area contributed by atoms with E-state index in [-0.39, 0.29) is 0 Å². The summed E-state index contributed by atoms with van der Waals surface area (Å²) in [5.41, 5.74) is 2.36. The van der Waals surface area contributed by atoms with Crippen LogP contribution in [0.5, 0.6) is 5.75 Å². The first-order valence-corrected chi connectivity index (χ1v) is 6.30. The zero-order valence-corrected chi connectivity index (χ0v) is 9.60. The molecule has 0 heterocycles. The third-order valence-electron chi connectivity index (χ3n) is 2.18. The van der Waals surface area contributed by atoms with Crippen LogP contribution in [0.1, 0.15) is 0 Å². The fourth-order valence-electron chi connectivity index (χ4n) is 1.52. The van der Waals surface area contributed by atoms with Gasteiger partial charge in [0.15, 0.2) is 0 Å². The van der Waals surface area contributed by atoms with Gasteiger partial charge in [-0.05, 0) is 18.3 Å². The quantitative estimate of drug-likeness (QED) is 0.706. The van der Waals surface area contributed by atoms with Gasteiger partial charge in [-0.3, -0.25) is 0 Å². The van der Waals surface area contributed by atoms with Crippen LogP contribution in [-0.2, 0) is 0 Å². The van der Waals surface area contributed by atoms with Crippen molar-refractivity contribution < 1.29 is 4.52 Å². The van der Waals surface area contributed by atoms with Gasteiger partial charge in [0, 0.05) is 5.56 Å². The number of rotatable bonds is 3. The number of hydrogen-bond donors (Lipinski definition) is 0. The molecule has 2 heteroatoms. The molecule has 0 N–H and O–H groups in total. The van der Waals surface area contributed by atoms with Crippen LogP contribution in [-0.4, -0.2) is 6.66 Å². The maximum Gasteiger partial charge on any atom is 0.130 e. The molecule has 0 aromatic heterocycles. The molecule has 0 aliphatic rings. The minimum Gasteiger partial charge on any atom is -0.477 e. The monoisotopic (exact) mass is 216 g/mol. The summed E-state index contributed by atoms with van der Waals surface area (Å²) in [6.07, 6.45) is 0. The van der Waals surface area contributed by atoms with Crippen molar-refractivity contribution in [1.29, 1.82) is 0 Å². The molecule has 0 saturated heterocycles. The van der Waals surface area contributed by atoms with E-state index < -0.39 is 0 Å². The van der Waals surface area contributed by atoms with Gasteiger partial charge in [-0.2, -0.15) is 0 Å². The highest BCUT2D eigenvalue weighted by Gasteiger charge is 2.03. The minimum atomic E-state index is 0.476. The van der Waals surface area contributed by atoms with Crippen molar-refractivity contribution in [2.75, 3.05) is 6.66 Å². The lowest BCUT2D eigenvalue weighted by atomic mass is 10.1. The average molecular weight is 216 g/mol. The molecular weight excluding hydrogens is 203 g/mol. The Bertz CT molecular complexity index is 426. The van der Waals surface area contributed by atoms with E-state index in [2.05, 4.69) is 18.2 Å². The predicted molar refractivity (Wildman–Crippen MR) is 66.7 cm³/mol. The lowest BCUT2D eigenvalue weighted by molar-refractivity contribution is 0.638.